The highest BCUT2D eigenvalue weighted by Crippen LogP contribution is 2.39. The molecule has 2 heteroatoms. The summed E-state index contributed by atoms with van der Waals surface area (Å²) in [6.45, 7) is 0. The third kappa shape index (κ3) is 1.76. The van der Waals surface area contributed by atoms with Gasteiger partial charge in [0.2, 0.25) is 0 Å². The van der Waals surface area contributed by atoms with E-state index in [2.05, 4.69) is 24.3 Å². The quantitative estimate of drug-likeness (QED) is 0.732. The number of rotatable bonds is 1. The van der Waals surface area contributed by atoms with Gasteiger partial charge in [-0.25, -0.2) is 0 Å². The van der Waals surface area contributed by atoms with Gasteiger partial charge < -0.3 is 11.5 Å². The highest BCUT2D eigenvalue weighted by atomic mass is 14.5. The predicted octanol–water partition coefficient (Wildman–Crippen LogP) is 2.93. The van der Waals surface area contributed by atoms with E-state index in [9.17, 15) is 0 Å². The molecule has 1 unspecified atom stereocenters. The summed E-state index contributed by atoms with van der Waals surface area (Å²) in [6, 6.07) is 14.4. The first-order chi connectivity index (χ1) is 8.24. The van der Waals surface area contributed by atoms with Gasteiger partial charge in [0.25, 0.3) is 0 Å². The number of nitrogen functional groups attached to an aromatic ring is 2. The summed E-state index contributed by atoms with van der Waals surface area (Å²) < 4.78 is 0. The van der Waals surface area contributed by atoms with Crippen molar-refractivity contribution < 1.29 is 0 Å². The second kappa shape index (κ2) is 3.81. The van der Waals surface area contributed by atoms with Crippen LogP contribution in [0.4, 0.5) is 11.4 Å². The van der Waals surface area contributed by atoms with Gasteiger partial charge in [-0.1, -0.05) is 18.2 Å². The van der Waals surface area contributed by atoms with Crippen LogP contribution in [0.25, 0.3) is 0 Å². The summed E-state index contributed by atoms with van der Waals surface area (Å²) in [4.78, 5) is 0. The van der Waals surface area contributed by atoms with Crippen LogP contribution in [0.1, 0.15) is 29.0 Å². The monoisotopic (exact) mass is 224 g/mol. The minimum atomic E-state index is 0.481. The number of aryl methyl sites for hydroxylation is 1. The van der Waals surface area contributed by atoms with E-state index >= 15 is 0 Å². The van der Waals surface area contributed by atoms with Crippen molar-refractivity contribution in [2.45, 2.75) is 18.8 Å². The van der Waals surface area contributed by atoms with Crippen molar-refractivity contribution in [3.63, 3.8) is 0 Å². The molecule has 0 radical (unpaired) electrons. The van der Waals surface area contributed by atoms with E-state index in [0.29, 0.717) is 5.92 Å². The topological polar surface area (TPSA) is 52.0 Å². The van der Waals surface area contributed by atoms with Gasteiger partial charge in [0.1, 0.15) is 0 Å². The van der Waals surface area contributed by atoms with E-state index in [1.807, 2.05) is 18.2 Å². The summed E-state index contributed by atoms with van der Waals surface area (Å²) in [5.74, 6) is 0.481. The molecule has 0 aromatic heterocycles. The number of fused-ring (bicyclic) bond motifs is 1. The zero-order valence-electron chi connectivity index (χ0n) is 9.69. The Bertz CT molecular complexity index is 543. The molecule has 0 aliphatic heterocycles. The Hall–Kier alpha value is -1.96. The third-order valence-electron chi connectivity index (χ3n) is 3.59. The summed E-state index contributed by atoms with van der Waals surface area (Å²) in [5, 5.41) is 0. The van der Waals surface area contributed by atoms with E-state index in [1.54, 1.807) is 0 Å². The molecule has 0 fully saturated rings. The van der Waals surface area contributed by atoms with Gasteiger partial charge in [-0.2, -0.15) is 0 Å². The molecule has 0 bridgehead atoms. The molecule has 1 aliphatic rings. The highest BCUT2D eigenvalue weighted by molar-refractivity contribution is 5.52. The largest absolute Gasteiger partial charge is 0.399 e. The van der Waals surface area contributed by atoms with E-state index < -0.39 is 0 Å². The predicted molar refractivity (Wildman–Crippen MR) is 71.9 cm³/mol. The molecule has 2 aromatic carbocycles. The molecule has 2 aromatic rings. The van der Waals surface area contributed by atoms with Crippen LogP contribution in [0, 0.1) is 0 Å². The zero-order valence-corrected chi connectivity index (χ0v) is 9.69. The van der Waals surface area contributed by atoms with Gasteiger partial charge >= 0.3 is 0 Å². The molecule has 1 atom stereocenters. The highest BCUT2D eigenvalue weighted by Gasteiger charge is 2.23. The standard InChI is InChI=1S/C15H16N2/c16-12-5-1-10(2-6-12)14-8-4-11-3-7-13(17)9-15(11)14/h1-3,5-7,9,14H,4,8,16-17H2. The van der Waals surface area contributed by atoms with Crippen LogP contribution in [0.15, 0.2) is 42.5 Å². The molecule has 0 heterocycles. The Morgan fingerprint density at radius 3 is 2.35 bits per heavy atom. The molecule has 0 saturated heterocycles. The lowest BCUT2D eigenvalue weighted by Gasteiger charge is -2.12. The first-order valence-electron chi connectivity index (χ1n) is 5.98. The first-order valence-corrected chi connectivity index (χ1v) is 5.98. The average molecular weight is 224 g/mol. The fourth-order valence-corrected chi connectivity index (χ4v) is 2.70. The van der Waals surface area contributed by atoms with Gasteiger partial charge in [-0.3, -0.25) is 0 Å². The van der Waals surface area contributed by atoms with Crippen molar-refractivity contribution in [3.8, 4) is 0 Å². The third-order valence-corrected chi connectivity index (χ3v) is 3.59. The van der Waals surface area contributed by atoms with E-state index in [-0.39, 0.29) is 0 Å². The second-order valence-electron chi connectivity index (χ2n) is 4.72. The fourth-order valence-electron chi connectivity index (χ4n) is 2.70. The molecule has 4 N–H and O–H groups in total. The smallest absolute Gasteiger partial charge is 0.0317 e. The first kappa shape index (κ1) is 10.2. The van der Waals surface area contributed by atoms with Crippen molar-refractivity contribution in [3.05, 3.63) is 59.2 Å². The normalized spacial score (nSPS) is 18.0. The minimum absolute atomic E-state index is 0.481. The van der Waals surface area contributed by atoms with Crippen molar-refractivity contribution in [1.82, 2.24) is 0 Å². The summed E-state index contributed by atoms with van der Waals surface area (Å²) in [7, 11) is 0. The van der Waals surface area contributed by atoms with Crippen molar-refractivity contribution in [2.24, 2.45) is 0 Å². The Balaban J connectivity index is 2.03. The molecule has 3 rings (SSSR count). The van der Waals surface area contributed by atoms with E-state index in [1.165, 1.54) is 23.1 Å². The average Bonchev–Trinajstić information content (AvgIpc) is 2.73. The van der Waals surface area contributed by atoms with Crippen LogP contribution in [-0.2, 0) is 6.42 Å². The van der Waals surface area contributed by atoms with Gasteiger partial charge in [0.05, 0.1) is 0 Å². The van der Waals surface area contributed by atoms with Crippen LogP contribution in [-0.4, -0.2) is 0 Å². The Morgan fingerprint density at radius 1 is 0.882 bits per heavy atom. The van der Waals surface area contributed by atoms with Crippen LogP contribution in [0.3, 0.4) is 0 Å². The Morgan fingerprint density at radius 2 is 1.59 bits per heavy atom. The van der Waals surface area contributed by atoms with Crippen LogP contribution in [0.2, 0.25) is 0 Å². The number of hydrogen-bond acceptors (Lipinski definition) is 2. The van der Waals surface area contributed by atoms with Crippen LogP contribution in [0.5, 0.6) is 0 Å². The maximum absolute atomic E-state index is 5.88. The van der Waals surface area contributed by atoms with Crippen molar-refractivity contribution in [2.75, 3.05) is 11.5 Å². The molecular formula is C15H16N2. The van der Waals surface area contributed by atoms with Gasteiger partial charge in [-0.15, -0.1) is 0 Å². The lowest BCUT2D eigenvalue weighted by molar-refractivity contribution is 0.788. The number of nitrogens with two attached hydrogens (primary N) is 2. The minimum Gasteiger partial charge on any atom is -0.399 e. The van der Waals surface area contributed by atoms with Gasteiger partial charge in [0.15, 0.2) is 0 Å². The van der Waals surface area contributed by atoms with Gasteiger partial charge in [-0.05, 0) is 53.8 Å². The Labute approximate surface area is 101 Å². The van der Waals surface area contributed by atoms with E-state index in [0.717, 1.165) is 17.8 Å². The SMILES string of the molecule is Nc1ccc(C2CCc3ccc(N)cc32)cc1. The lowest BCUT2D eigenvalue weighted by atomic mass is 9.92. The zero-order chi connectivity index (χ0) is 11.8. The van der Waals surface area contributed by atoms with Crippen LogP contribution < -0.4 is 11.5 Å². The lowest BCUT2D eigenvalue weighted by Crippen LogP contribution is -1.97. The molecule has 17 heavy (non-hydrogen) atoms. The number of benzene rings is 2. The summed E-state index contributed by atoms with van der Waals surface area (Å²) >= 11 is 0. The van der Waals surface area contributed by atoms with Crippen LogP contribution >= 0.6 is 0 Å². The molecule has 0 amide bonds. The molecule has 2 nitrogen and oxygen atoms in total. The second-order valence-corrected chi connectivity index (χ2v) is 4.72. The summed E-state index contributed by atoms with van der Waals surface area (Å²) in [6.07, 6.45) is 2.31. The molecule has 0 saturated carbocycles. The van der Waals surface area contributed by atoms with Crippen molar-refractivity contribution in [1.29, 1.82) is 0 Å². The molecule has 86 valence electrons. The molecule has 1 aliphatic carbocycles. The maximum atomic E-state index is 5.88. The van der Waals surface area contributed by atoms with Gasteiger partial charge in [0, 0.05) is 17.3 Å². The molecule has 0 spiro atoms. The molecular weight excluding hydrogens is 208 g/mol. The van der Waals surface area contributed by atoms with E-state index in [4.69, 9.17) is 11.5 Å². The van der Waals surface area contributed by atoms with Crippen molar-refractivity contribution >= 4 is 11.4 Å². The summed E-state index contributed by atoms with van der Waals surface area (Å²) in [5.41, 5.74) is 17.4. The maximum Gasteiger partial charge on any atom is 0.0317 e. The number of anilines is 2. The number of hydrogen-bond donors (Lipinski definition) is 2. The Kier molecular flexibility index (Phi) is 2.29. The fraction of sp³-hybridized carbons (Fsp3) is 0.200.